The fourth-order valence-corrected chi connectivity index (χ4v) is 2.35. The molecule has 0 radical (unpaired) electrons. The van der Waals surface area contributed by atoms with Crippen molar-refractivity contribution in [1.82, 2.24) is 0 Å². The summed E-state index contributed by atoms with van der Waals surface area (Å²) in [5, 5.41) is 0. The molecule has 1 aromatic carbocycles. The van der Waals surface area contributed by atoms with Gasteiger partial charge in [-0.05, 0) is 36.4 Å². The van der Waals surface area contributed by atoms with Crippen molar-refractivity contribution in [2.45, 2.75) is 29.6 Å². The van der Waals surface area contributed by atoms with E-state index in [1.807, 2.05) is 12.1 Å². The second-order valence-electron chi connectivity index (χ2n) is 2.92. The van der Waals surface area contributed by atoms with Crippen molar-refractivity contribution in [3.63, 3.8) is 0 Å². The van der Waals surface area contributed by atoms with Gasteiger partial charge in [0.05, 0.1) is 4.90 Å². The Kier molecular flexibility index (Phi) is 10.2. The van der Waals surface area contributed by atoms with Gasteiger partial charge in [0.15, 0.2) is 11.1 Å². The molecule has 1 rings (SSSR count). The molecule has 1 atom stereocenters. The van der Waals surface area contributed by atoms with Crippen molar-refractivity contribution in [3.8, 4) is 0 Å². The first-order valence-electron chi connectivity index (χ1n) is 4.57. The van der Waals surface area contributed by atoms with Crippen molar-refractivity contribution in [1.29, 1.82) is 0 Å². The normalized spacial score (nSPS) is 11.9. The number of hydrogen-bond acceptors (Lipinski definition) is 2. The average molecular weight is 270 g/mol. The monoisotopic (exact) mass is 270 g/mol. The molecule has 0 spiro atoms. The summed E-state index contributed by atoms with van der Waals surface area (Å²) in [7, 11) is 0. The molecular formula is C10H15KO2S2. The molecule has 0 saturated heterocycles. The van der Waals surface area contributed by atoms with Gasteiger partial charge in [0.1, 0.15) is 0 Å². The molecule has 1 aromatic rings. The molecule has 5 heteroatoms. The smallest absolute Gasteiger partial charge is 1.00 e. The fraction of sp³-hybridized carbons (Fsp3) is 0.400. The van der Waals surface area contributed by atoms with Gasteiger partial charge in [-0.1, -0.05) is 13.3 Å². The van der Waals surface area contributed by atoms with Crippen LogP contribution in [0, 0.1) is 0 Å². The van der Waals surface area contributed by atoms with Crippen LogP contribution in [-0.4, -0.2) is 14.5 Å². The van der Waals surface area contributed by atoms with Crippen molar-refractivity contribution < 1.29 is 61.6 Å². The molecular weight excluding hydrogens is 255 g/mol. The molecule has 15 heavy (non-hydrogen) atoms. The predicted octanol–water partition coefficient (Wildman–Crippen LogP) is 0.276. The second-order valence-corrected chi connectivity index (χ2v) is 5.06. The van der Waals surface area contributed by atoms with Crippen LogP contribution in [0.1, 0.15) is 21.2 Å². The first kappa shape index (κ1) is 16.3. The largest absolute Gasteiger partial charge is 1.00 e. The Balaban J connectivity index is 0. The molecule has 0 heterocycles. The minimum Gasteiger partial charge on any atom is -1.00 e. The Morgan fingerprint density at radius 3 is 2.47 bits per heavy atom. The summed E-state index contributed by atoms with van der Waals surface area (Å²) >= 11 is -0.0690. The molecule has 2 nitrogen and oxygen atoms in total. The van der Waals surface area contributed by atoms with Gasteiger partial charge in [-0.3, -0.25) is 0 Å². The molecule has 0 aliphatic carbocycles. The van der Waals surface area contributed by atoms with Gasteiger partial charge in [0.2, 0.25) is 0 Å². The number of unbranched alkanes of at least 4 members (excludes halogenated alkanes) is 1. The van der Waals surface area contributed by atoms with Gasteiger partial charge in [0.25, 0.3) is 0 Å². The molecule has 0 aromatic heterocycles. The Hall–Kier alpha value is 1.32. The van der Waals surface area contributed by atoms with Crippen LogP contribution in [0.5, 0.6) is 0 Å². The summed E-state index contributed by atoms with van der Waals surface area (Å²) in [6, 6.07) is 7.18. The maximum atomic E-state index is 10.7. The third-order valence-electron chi connectivity index (χ3n) is 1.79. The summed E-state index contributed by atoms with van der Waals surface area (Å²) in [4.78, 5) is 1.62. The van der Waals surface area contributed by atoms with Crippen LogP contribution in [0.25, 0.3) is 0 Å². The van der Waals surface area contributed by atoms with Gasteiger partial charge in [-0.2, -0.15) is 0 Å². The zero-order chi connectivity index (χ0) is 10.4. The van der Waals surface area contributed by atoms with Gasteiger partial charge in [0, 0.05) is 4.90 Å². The minimum atomic E-state index is -1.85. The first-order chi connectivity index (χ1) is 6.74. The van der Waals surface area contributed by atoms with Crippen LogP contribution in [0.2, 0.25) is 0 Å². The summed E-state index contributed by atoms with van der Waals surface area (Å²) < 4.78 is 19.5. The summed E-state index contributed by atoms with van der Waals surface area (Å²) in [6.45, 7) is 2.17. The van der Waals surface area contributed by atoms with Crippen LogP contribution in [0.4, 0.5) is 0 Å². The maximum absolute atomic E-state index is 10.7. The van der Waals surface area contributed by atoms with Crippen LogP contribution in [-0.2, 0) is 11.1 Å². The zero-order valence-electron chi connectivity index (χ0n) is 10.1. The summed E-state index contributed by atoms with van der Waals surface area (Å²) in [5.41, 5.74) is 0. The molecule has 0 saturated carbocycles. The van der Waals surface area contributed by atoms with E-state index in [1.165, 1.54) is 12.8 Å². The van der Waals surface area contributed by atoms with E-state index in [2.05, 4.69) is 6.92 Å². The SMILES string of the molecule is CCCCSc1ccc(S(=O)O)cc1.[H-].[K+]. The van der Waals surface area contributed by atoms with Crippen molar-refractivity contribution in [3.05, 3.63) is 24.3 Å². The Bertz CT molecular complexity index is 306. The van der Waals surface area contributed by atoms with Crippen LogP contribution >= 0.6 is 11.8 Å². The predicted molar refractivity (Wildman–Crippen MR) is 62.2 cm³/mol. The first-order valence-corrected chi connectivity index (χ1v) is 6.67. The summed E-state index contributed by atoms with van der Waals surface area (Å²) in [6.07, 6.45) is 2.41. The third kappa shape index (κ3) is 6.58. The van der Waals surface area contributed by atoms with Gasteiger partial charge >= 0.3 is 51.4 Å². The molecule has 1 unspecified atom stereocenters. The van der Waals surface area contributed by atoms with E-state index in [0.29, 0.717) is 4.90 Å². The van der Waals surface area contributed by atoms with Crippen molar-refractivity contribution in [2.75, 3.05) is 5.75 Å². The molecule has 0 bridgehead atoms. The van der Waals surface area contributed by atoms with Crippen molar-refractivity contribution >= 4 is 22.8 Å². The quantitative estimate of drug-likeness (QED) is 0.361. The second kappa shape index (κ2) is 9.36. The number of rotatable bonds is 5. The van der Waals surface area contributed by atoms with E-state index in [-0.39, 0.29) is 52.8 Å². The average Bonchev–Trinajstić information content (AvgIpc) is 2.19. The van der Waals surface area contributed by atoms with E-state index < -0.39 is 11.1 Å². The van der Waals surface area contributed by atoms with E-state index in [0.717, 1.165) is 10.6 Å². The molecule has 80 valence electrons. The van der Waals surface area contributed by atoms with Gasteiger partial charge in [-0.25, -0.2) is 4.21 Å². The Morgan fingerprint density at radius 2 is 2.00 bits per heavy atom. The molecule has 1 N–H and O–H groups in total. The van der Waals surface area contributed by atoms with E-state index in [4.69, 9.17) is 4.55 Å². The molecule has 0 aliphatic heterocycles. The Morgan fingerprint density at radius 1 is 1.40 bits per heavy atom. The van der Waals surface area contributed by atoms with Crippen LogP contribution in [0.15, 0.2) is 34.1 Å². The Labute approximate surface area is 142 Å². The topological polar surface area (TPSA) is 37.3 Å². The van der Waals surface area contributed by atoms with E-state index in [1.54, 1.807) is 23.9 Å². The van der Waals surface area contributed by atoms with E-state index >= 15 is 0 Å². The van der Waals surface area contributed by atoms with Crippen LogP contribution in [0.3, 0.4) is 0 Å². The van der Waals surface area contributed by atoms with Gasteiger partial charge in [-0.15, -0.1) is 11.8 Å². The summed E-state index contributed by atoms with van der Waals surface area (Å²) in [5.74, 6) is 1.11. The molecule has 0 amide bonds. The van der Waals surface area contributed by atoms with Gasteiger partial charge < -0.3 is 5.98 Å². The fourth-order valence-electron chi connectivity index (χ4n) is 0.987. The van der Waals surface area contributed by atoms with Crippen molar-refractivity contribution in [2.24, 2.45) is 0 Å². The van der Waals surface area contributed by atoms with Crippen LogP contribution < -0.4 is 51.4 Å². The van der Waals surface area contributed by atoms with E-state index in [9.17, 15) is 4.21 Å². The number of thioether (sulfide) groups is 1. The standard InChI is InChI=1S/C10H14O2S2.K.H/c1-2-3-8-13-9-4-6-10(7-5-9)14(11)12;;/h4-7H,2-3,8H2,1H3,(H,11,12);;/q;+1;-1. The maximum Gasteiger partial charge on any atom is 1.00 e. The molecule has 0 fully saturated rings. The zero-order valence-corrected chi connectivity index (χ0v) is 13.9. The third-order valence-corrected chi connectivity index (χ3v) is 3.57. The molecule has 0 aliphatic rings. The number of hydrogen-bond donors (Lipinski definition) is 1. The number of benzene rings is 1. The minimum absolute atomic E-state index is 0.